The number of hydrogen-bond donors (Lipinski definition) is 0. The Morgan fingerprint density at radius 2 is 1.12 bits per heavy atom. The molecule has 3 heteroatoms. The highest BCUT2D eigenvalue weighted by molar-refractivity contribution is 6.13. The highest BCUT2D eigenvalue weighted by atomic mass is 16.1. The van der Waals surface area contributed by atoms with Gasteiger partial charge in [0.25, 0.3) is 0 Å². The number of rotatable bonds is 2. The molecule has 0 spiro atoms. The Hall–Kier alpha value is -3.43. The van der Waals surface area contributed by atoms with Crippen LogP contribution in [0.15, 0.2) is 59.7 Å². The third kappa shape index (κ3) is 3.91. The van der Waals surface area contributed by atoms with Crippen LogP contribution in [0.2, 0.25) is 0 Å². The predicted octanol–water partition coefficient (Wildman–Crippen LogP) is 4.65. The summed E-state index contributed by atoms with van der Waals surface area (Å²) in [5, 5.41) is 17.7. The molecule has 25 heavy (non-hydrogen) atoms. The summed E-state index contributed by atoms with van der Waals surface area (Å²) < 4.78 is 0. The van der Waals surface area contributed by atoms with Gasteiger partial charge < -0.3 is 0 Å². The van der Waals surface area contributed by atoms with Crippen LogP contribution in [-0.2, 0) is 4.79 Å². The lowest BCUT2D eigenvalue weighted by Gasteiger charge is -2.16. The normalized spacial score (nSPS) is 17.3. The van der Waals surface area contributed by atoms with E-state index in [0.29, 0.717) is 11.1 Å². The summed E-state index contributed by atoms with van der Waals surface area (Å²) in [5.74, 6) is 0.0833. The summed E-state index contributed by atoms with van der Waals surface area (Å²) in [7, 11) is 0. The molecule has 1 aliphatic carbocycles. The van der Waals surface area contributed by atoms with Crippen molar-refractivity contribution in [3.8, 4) is 12.1 Å². The van der Waals surface area contributed by atoms with Gasteiger partial charge in [-0.1, -0.05) is 24.3 Å². The highest BCUT2D eigenvalue weighted by Gasteiger charge is 2.20. The maximum absolute atomic E-state index is 12.7. The predicted molar refractivity (Wildman–Crippen MR) is 97.1 cm³/mol. The Bertz CT molecular complexity index is 856. The summed E-state index contributed by atoms with van der Waals surface area (Å²) in [6.45, 7) is 0. The minimum absolute atomic E-state index is 0.0833. The van der Waals surface area contributed by atoms with Crippen molar-refractivity contribution < 1.29 is 4.79 Å². The number of allylic oxidation sites excluding steroid dienone is 2. The molecule has 1 saturated carbocycles. The zero-order valence-corrected chi connectivity index (χ0v) is 13.7. The van der Waals surface area contributed by atoms with Crippen LogP contribution >= 0.6 is 0 Å². The molecule has 120 valence electrons. The Morgan fingerprint density at radius 1 is 0.720 bits per heavy atom. The zero-order valence-electron chi connectivity index (χ0n) is 13.7. The molecule has 0 amide bonds. The summed E-state index contributed by atoms with van der Waals surface area (Å²) in [6, 6.07) is 18.6. The van der Waals surface area contributed by atoms with Gasteiger partial charge in [0.15, 0.2) is 5.78 Å². The molecule has 3 nitrogen and oxygen atoms in total. The lowest BCUT2D eigenvalue weighted by molar-refractivity contribution is -0.112. The molecule has 0 saturated heterocycles. The Kier molecular flexibility index (Phi) is 4.88. The number of hydrogen-bond acceptors (Lipinski definition) is 3. The van der Waals surface area contributed by atoms with Gasteiger partial charge in [-0.05, 0) is 66.8 Å². The van der Waals surface area contributed by atoms with Crippen LogP contribution in [0.1, 0.15) is 41.5 Å². The number of Topliss-reactive ketones (excluding diaryl/α,β-unsaturated/α-hetero) is 1. The molecule has 0 radical (unpaired) electrons. The number of ketones is 1. The van der Waals surface area contributed by atoms with Crippen molar-refractivity contribution in [2.45, 2.75) is 19.3 Å². The maximum atomic E-state index is 12.7. The van der Waals surface area contributed by atoms with Gasteiger partial charge in [-0.2, -0.15) is 10.5 Å². The van der Waals surface area contributed by atoms with E-state index in [1.54, 1.807) is 24.3 Å². The zero-order chi connectivity index (χ0) is 17.6. The standard InChI is InChI=1S/C22H16N2O/c23-14-18-8-4-16(5-9-18)12-20-2-1-3-21(22(20)25)13-17-6-10-19(15-24)11-7-17/h4-13H,1-3H2/b20-12-,21-13?. The SMILES string of the molecule is N#Cc1ccc(C=C2CCC/C(=C/c3ccc(C#N)cc3)C2=O)cc1. The summed E-state index contributed by atoms with van der Waals surface area (Å²) in [5.41, 5.74) is 4.69. The quantitative estimate of drug-likeness (QED) is 0.755. The number of benzene rings is 2. The summed E-state index contributed by atoms with van der Waals surface area (Å²) in [6.07, 6.45) is 6.30. The van der Waals surface area contributed by atoms with E-state index in [1.807, 2.05) is 36.4 Å². The molecule has 1 fully saturated rings. The van der Waals surface area contributed by atoms with Crippen LogP contribution in [0.4, 0.5) is 0 Å². The van der Waals surface area contributed by atoms with E-state index in [2.05, 4.69) is 12.1 Å². The van der Waals surface area contributed by atoms with E-state index in [1.165, 1.54) is 0 Å². The monoisotopic (exact) mass is 324 g/mol. The second-order valence-electron chi connectivity index (χ2n) is 5.99. The van der Waals surface area contributed by atoms with Crippen molar-refractivity contribution in [2.24, 2.45) is 0 Å². The fourth-order valence-electron chi connectivity index (χ4n) is 2.89. The van der Waals surface area contributed by atoms with Gasteiger partial charge >= 0.3 is 0 Å². The Morgan fingerprint density at radius 3 is 1.48 bits per heavy atom. The average molecular weight is 324 g/mol. The molecule has 2 aromatic carbocycles. The Balaban J connectivity index is 1.84. The van der Waals surface area contributed by atoms with Gasteiger partial charge in [-0.3, -0.25) is 4.79 Å². The van der Waals surface area contributed by atoms with E-state index in [-0.39, 0.29) is 5.78 Å². The third-order valence-electron chi connectivity index (χ3n) is 4.24. The van der Waals surface area contributed by atoms with Crippen molar-refractivity contribution in [1.29, 1.82) is 10.5 Å². The van der Waals surface area contributed by atoms with Gasteiger partial charge in [0.1, 0.15) is 0 Å². The van der Waals surface area contributed by atoms with Gasteiger partial charge in [0, 0.05) is 11.1 Å². The first-order valence-electron chi connectivity index (χ1n) is 8.16. The molecular formula is C22H16N2O. The first-order chi connectivity index (χ1) is 12.2. The molecular weight excluding hydrogens is 308 g/mol. The maximum Gasteiger partial charge on any atom is 0.185 e. The number of carbonyl (C=O) groups is 1. The van der Waals surface area contributed by atoms with Gasteiger partial charge in [0.2, 0.25) is 0 Å². The van der Waals surface area contributed by atoms with E-state index in [9.17, 15) is 4.79 Å². The first-order valence-corrected chi connectivity index (χ1v) is 8.16. The number of nitrogens with zero attached hydrogens (tertiary/aromatic N) is 2. The van der Waals surface area contributed by atoms with Crippen molar-refractivity contribution in [2.75, 3.05) is 0 Å². The molecule has 0 N–H and O–H groups in total. The van der Waals surface area contributed by atoms with Crippen molar-refractivity contribution in [3.63, 3.8) is 0 Å². The van der Waals surface area contributed by atoms with Crippen molar-refractivity contribution in [1.82, 2.24) is 0 Å². The molecule has 0 heterocycles. The molecule has 2 aromatic rings. The van der Waals surface area contributed by atoms with E-state index >= 15 is 0 Å². The molecule has 1 aliphatic rings. The minimum atomic E-state index is 0.0833. The molecule has 0 aliphatic heterocycles. The fraction of sp³-hybridized carbons (Fsp3) is 0.136. The molecule has 0 unspecified atom stereocenters. The smallest absolute Gasteiger partial charge is 0.185 e. The second kappa shape index (κ2) is 7.43. The first kappa shape index (κ1) is 16.4. The molecule has 3 rings (SSSR count). The van der Waals surface area contributed by atoms with Crippen LogP contribution in [0.5, 0.6) is 0 Å². The van der Waals surface area contributed by atoms with E-state index in [0.717, 1.165) is 41.5 Å². The van der Waals surface area contributed by atoms with Gasteiger partial charge in [0.05, 0.1) is 23.3 Å². The average Bonchev–Trinajstić information content (AvgIpc) is 2.66. The third-order valence-corrected chi connectivity index (χ3v) is 4.24. The fourth-order valence-corrected chi connectivity index (χ4v) is 2.89. The summed E-state index contributed by atoms with van der Waals surface area (Å²) >= 11 is 0. The lowest BCUT2D eigenvalue weighted by Crippen LogP contribution is -2.12. The second-order valence-corrected chi connectivity index (χ2v) is 5.99. The van der Waals surface area contributed by atoms with Crippen LogP contribution in [0.25, 0.3) is 12.2 Å². The van der Waals surface area contributed by atoms with Crippen molar-refractivity contribution >= 4 is 17.9 Å². The van der Waals surface area contributed by atoms with Crippen molar-refractivity contribution in [3.05, 3.63) is 81.9 Å². The van der Waals surface area contributed by atoms with Gasteiger partial charge in [-0.25, -0.2) is 0 Å². The topological polar surface area (TPSA) is 64.7 Å². The number of nitriles is 2. The van der Waals surface area contributed by atoms with Crippen LogP contribution in [-0.4, -0.2) is 5.78 Å². The number of carbonyl (C=O) groups excluding carboxylic acids is 1. The summed E-state index contributed by atoms with van der Waals surface area (Å²) in [4.78, 5) is 12.7. The Labute approximate surface area is 147 Å². The van der Waals surface area contributed by atoms with Crippen LogP contribution in [0.3, 0.4) is 0 Å². The highest BCUT2D eigenvalue weighted by Crippen LogP contribution is 2.28. The molecule has 0 atom stereocenters. The van der Waals surface area contributed by atoms with Crippen LogP contribution < -0.4 is 0 Å². The van der Waals surface area contributed by atoms with E-state index in [4.69, 9.17) is 10.5 Å². The molecule has 0 bridgehead atoms. The molecule has 0 aromatic heterocycles. The van der Waals surface area contributed by atoms with Gasteiger partial charge in [-0.15, -0.1) is 0 Å². The van der Waals surface area contributed by atoms with E-state index < -0.39 is 0 Å². The largest absolute Gasteiger partial charge is 0.289 e. The minimum Gasteiger partial charge on any atom is -0.289 e. The lowest BCUT2D eigenvalue weighted by atomic mass is 9.86. The van der Waals surface area contributed by atoms with Crippen LogP contribution in [0, 0.1) is 22.7 Å².